The quantitative estimate of drug-likeness (QED) is 0.785. The van der Waals surface area contributed by atoms with Gasteiger partial charge in [0.15, 0.2) is 5.88 Å². The SMILES string of the molecule is Cc1nc(NC(=O)c2cc(O)[nH]c(=O)c2)ccc1Br. The number of H-pyrrole nitrogens is 1. The summed E-state index contributed by atoms with van der Waals surface area (Å²) >= 11 is 3.31. The van der Waals surface area contributed by atoms with E-state index in [0.717, 1.165) is 16.2 Å². The van der Waals surface area contributed by atoms with Crippen LogP contribution >= 0.6 is 15.9 Å². The molecule has 98 valence electrons. The maximum Gasteiger partial charge on any atom is 0.257 e. The summed E-state index contributed by atoms with van der Waals surface area (Å²) in [6.45, 7) is 1.79. The Morgan fingerprint density at radius 2 is 2.16 bits per heavy atom. The van der Waals surface area contributed by atoms with Crippen LogP contribution < -0.4 is 10.9 Å². The van der Waals surface area contributed by atoms with Crippen molar-refractivity contribution in [2.75, 3.05) is 5.32 Å². The first-order valence-corrected chi connectivity index (χ1v) is 6.13. The van der Waals surface area contributed by atoms with Gasteiger partial charge in [-0.05, 0) is 35.0 Å². The number of hydrogen-bond donors (Lipinski definition) is 3. The van der Waals surface area contributed by atoms with Gasteiger partial charge in [0, 0.05) is 16.6 Å². The summed E-state index contributed by atoms with van der Waals surface area (Å²) < 4.78 is 0.833. The molecule has 0 aliphatic rings. The van der Waals surface area contributed by atoms with Gasteiger partial charge < -0.3 is 10.4 Å². The lowest BCUT2D eigenvalue weighted by Gasteiger charge is -2.06. The van der Waals surface area contributed by atoms with Crippen molar-refractivity contribution >= 4 is 27.7 Å². The first kappa shape index (κ1) is 13.3. The number of halogens is 1. The molecule has 2 rings (SSSR count). The highest BCUT2D eigenvalue weighted by Crippen LogP contribution is 2.16. The number of pyridine rings is 2. The van der Waals surface area contributed by atoms with Gasteiger partial charge in [0.1, 0.15) is 5.82 Å². The predicted molar refractivity (Wildman–Crippen MR) is 73.4 cm³/mol. The molecule has 0 aromatic carbocycles. The second-order valence-electron chi connectivity index (χ2n) is 3.84. The minimum absolute atomic E-state index is 0.0589. The number of hydrogen-bond acceptors (Lipinski definition) is 4. The summed E-state index contributed by atoms with van der Waals surface area (Å²) in [7, 11) is 0. The Hall–Kier alpha value is -2.15. The largest absolute Gasteiger partial charge is 0.494 e. The molecule has 1 amide bonds. The molecule has 2 heterocycles. The maximum absolute atomic E-state index is 11.9. The Kier molecular flexibility index (Phi) is 3.66. The van der Waals surface area contributed by atoms with Crippen molar-refractivity contribution in [2.24, 2.45) is 0 Å². The van der Waals surface area contributed by atoms with Gasteiger partial charge in [0.25, 0.3) is 11.5 Å². The zero-order chi connectivity index (χ0) is 14.0. The summed E-state index contributed by atoms with van der Waals surface area (Å²) in [5.41, 5.74) is 0.236. The number of amides is 1. The van der Waals surface area contributed by atoms with Gasteiger partial charge in [-0.15, -0.1) is 0 Å². The van der Waals surface area contributed by atoms with Crippen LogP contribution in [0.1, 0.15) is 16.1 Å². The molecule has 0 unspecified atom stereocenters. The topological polar surface area (TPSA) is 95.1 Å². The van der Waals surface area contributed by atoms with E-state index in [9.17, 15) is 14.7 Å². The first-order chi connectivity index (χ1) is 8.95. The Labute approximate surface area is 116 Å². The third kappa shape index (κ3) is 3.19. The van der Waals surface area contributed by atoms with Gasteiger partial charge in [-0.2, -0.15) is 0 Å². The molecule has 0 bridgehead atoms. The molecule has 0 atom stereocenters. The van der Waals surface area contributed by atoms with Crippen LogP contribution in [-0.2, 0) is 0 Å². The molecular formula is C12H10BrN3O3. The zero-order valence-electron chi connectivity index (χ0n) is 9.90. The number of nitrogens with zero attached hydrogens (tertiary/aromatic N) is 1. The van der Waals surface area contributed by atoms with Gasteiger partial charge >= 0.3 is 0 Å². The van der Waals surface area contributed by atoms with Crippen molar-refractivity contribution in [2.45, 2.75) is 6.92 Å². The van der Waals surface area contributed by atoms with Gasteiger partial charge in [-0.1, -0.05) is 0 Å². The number of aromatic nitrogens is 2. The molecule has 19 heavy (non-hydrogen) atoms. The summed E-state index contributed by atoms with van der Waals surface area (Å²) in [6.07, 6.45) is 0. The van der Waals surface area contributed by atoms with Crippen molar-refractivity contribution in [3.8, 4) is 5.88 Å². The van der Waals surface area contributed by atoms with Gasteiger partial charge in [0.05, 0.1) is 11.3 Å². The van der Waals surface area contributed by atoms with Crippen molar-refractivity contribution in [3.63, 3.8) is 0 Å². The molecule has 0 fully saturated rings. The molecule has 0 saturated carbocycles. The van der Waals surface area contributed by atoms with Gasteiger partial charge in [-0.3, -0.25) is 14.6 Å². The molecule has 0 aliphatic carbocycles. The molecule has 2 aromatic heterocycles. The molecule has 7 heteroatoms. The molecule has 0 saturated heterocycles. The van der Waals surface area contributed by atoms with Crippen LogP contribution in [0.5, 0.6) is 5.88 Å². The molecule has 6 nitrogen and oxygen atoms in total. The number of anilines is 1. The van der Waals surface area contributed by atoms with Crippen LogP contribution in [0.4, 0.5) is 5.82 Å². The van der Waals surface area contributed by atoms with Crippen LogP contribution in [0.2, 0.25) is 0 Å². The molecule has 0 radical (unpaired) electrons. The van der Waals surface area contributed by atoms with E-state index in [1.165, 1.54) is 6.07 Å². The minimum atomic E-state index is -0.551. The number of rotatable bonds is 2. The lowest BCUT2D eigenvalue weighted by molar-refractivity contribution is 0.102. The highest BCUT2D eigenvalue weighted by atomic mass is 79.9. The highest BCUT2D eigenvalue weighted by molar-refractivity contribution is 9.10. The Morgan fingerprint density at radius 1 is 1.42 bits per heavy atom. The molecule has 0 spiro atoms. The predicted octanol–water partition coefficient (Wildman–Crippen LogP) is 1.80. The Balaban J connectivity index is 2.25. The van der Waals surface area contributed by atoms with E-state index in [2.05, 4.69) is 31.2 Å². The molecular weight excluding hydrogens is 314 g/mol. The van der Waals surface area contributed by atoms with E-state index < -0.39 is 11.5 Å². The normalized spacial score (nSPS) is 10.2. The summed E-state index contributed by atoms with van der Waals surface area (Å²) in [6, 6.07) is 5.65. The van der Waals surface area contributed by atoms with Crippen molar-refractivity contribution in [3.05, 3.63) is 50.3 Å². The monoisotopic (exact) mass is 323 g/mol. The fourth-order valence-corrected chi connectivity index (χ4v) is 1.68. The maximum atomic E-state index is 11.9. The van der Waals surface area contributed by atoms with Crippen molar-refractivity contribution in [1.82, 2.24) is 9.97 Å². The zero-order valence-corrected chi connectivity index (χ0v) is 11.5. The van der Waals surface area contributed by atoms with Gasteiger partial charge in [-0.25, -0.2) is 4.98 Å². The average Bonchev–Trinajstić information content (AvgIpc) is 2.32. The second kappa shape index (κ2) is 5.23. The van der Waals surface area contributed by atoms with Crippen LogP contribution in [0.3, 0.4) is 0 Å². The minimum Gasteiger partial charge on any atom is -0.494 e. The van der Waals surface area contributed by atoms with Crippen molar-refractivity contribution in [1.29, 1.82) is 0 Å². The molecule has 2 aromatic rings. The van der Waals surface area contributed by atoms with Gasteiger partial charge in [0.2, 0.25) is 0 Å². The van der Waals surface area contributed by atoms with Crippen LogP contribution in [0.15, 0.2) is 33.5 Å². The Bertz CT molecular complexity index is 697. The highest BCUT2D eigenvalue weighted by Gasteiger charge is 2.09. The van der Waals surface area contributed by atoms with Crippen LogP contribution in [-0.4, -0.2) is 21.0 Å². The lowest BCUT2D eigenvalue weighted by atomic mass is 10.2. The van der Waals surface area contributed by atoms with Crippen molar-refractivity contribution < 1.29 is 9.90 Å². The number of carbonyl (C=O) groups excluding carboxylic acids is 1. The van der Waals surface area contributed by atoms with E-state index in [4.69, 9.17) is 0 Å². The van der Waals surface area contributed by atoms with E-state index in [1.807, 2.05) is 0 Å². The van der Waals surface area contributed by atoms with Crippen LogP contribution in [0, 0.1) is 6.92 Å². The third-order valence-corrected chi connectivity index (χ3v) is 3.19. The number of carbonyl (C=O) groups is 1. The van der Waals surface area contributed by atoms with E-state index in [-0.39, 0.29) is 11.4 Å². The van der Waals surface area contributed by atoms with E-state index in [1.54, 1.807) is 19.1 Å². The average molecular weight is 324 g/mol. The Morgan fingerprint density at radius 3 is 2.79 bits per heavy atom. The molecule has 3 N–H and O–H groups in total. The molecule has 0 aliphatic heterocycles. The summed E-state index contributed by atoms with van der Waals surface area (Å²) in [5.74, 6) is -0.515. The van der Waals surface area contributed by atoms with E-state index in [0.29, 0.717) is 5.82 Å². The lowest BCUT2D eigenvalue weighted by Crippen LogP contribution is -2.16. The number of nitrogens with one attached hydrogen (secondary N) is 2. The third-order valence-electron chi connectivity index (χ3n) is 2.36. The fourth-order valence-electron chi connectivity index (χ4n) is 1.46. The summed E-state index contributed by atoms with van der Waals surface area (Å²) in [5, 5.41) is 11.8. The van der Waals surface area contributed by atoms with Crippen LogP contribution in [0.25, 0.3) is 0 Å². The summed E-state index contributed by atoms with van der Waals surface area (Å²) in [4.78, 5) is 29.3. The number of aryl methyl sites for hydroxylation is 1. The number of aromatic hydroxyl groups is 1. The van der Waals surface area contributed by atoms with E-state index >= 15 is 0 Å². The first-order valence-electron chi connectivity index (χ1n) is 5.33. The second-order valence-corrected chi connectivity index (χ2v) is 4.69. The number of aromatic amines is 1. The standard InChI is InChI=1S/C12H10BrN3O3/c1-6-8(13)2-3-9(14-6)15-12(19)7-4-10(17)16-11(18)5-7/h2-5H,1H3,(H,14,15,19)(H2,16,17,18). The fraction of sp³-hybridized carbons (Fsp3) is 0.0833. The smallest absolute Gasteiger partial charge is 0.257 e.